The Morgan fingerprint density at radius 1 is 1.00 bits per heavy atom. The Kier molecular flexibility index (Phi) is 5.88. The summed E-state index contributed by atoms with van der Waals surface area (Å²) in [6, 6.07) is 12.2. The standard InChI is InChI=1S/C19H30N2O/c22-12-11-21-14-17(16-7-3-1-4-8-16)13-19(15-21)20-18-9-5-2-6-10-18/h1,3-4,7-8,17-20,22H,2,5-6,9-15H2. The van der Waals surface area contributed by atoms with E-state index in [1.54, 1.807) is 0 Å². The molecular weight excluding hydrogens is 272 g/mol. The van der Waals surface area contributed by atoms with Gasteiger partial charge in [-0.1, -0.05) is 49.6 Å². The molecule has 0 amide bonds. The topological polar surface area (TPSA) is 35.5 Å². The summed E-state index contributed by atoms with van der Waals surface area (Å²) in [7, 11) is 0. The molecule has 2 unspecified atom stereocenters. The highest BCUT2D eigenvalue weighted by atomic mass is 16.3. The summed E-state index contributed by atoms with van der Waals surface area (Å²) < 4.78 is 0. The molecule has 1 heterocycles. The van der Waals surface area contributed by atoms with E-state index in [9.17, 15) is 5.11 Å². The molecule has 3 heteroatoms. The number of aliphatic hydroxyl groups is 1. The highest BCUT2D eigenvalue weighted by molar-refractivity contribution is 5.21. The molecule has 0 spiro atoms. The van der Waals surface area contributed by atoms with E-state index in [1.165, 1.54) is 44.1 Å². The third kappa shape index (κ3) is 4.31. The predicted molar refractivity (Wildman–Crippen MR) is 91.1 cm³/mol. The largest absolute Gasteiger partial charge is 0.395 e. The lowest BCUT2D eigenvalue weighted by Gasteiger charge is -2.40. The Hall–Kier alpha value is -0.900. The first kappa shape index (κ1) is 16.0. The van der Waals surface area contributed by atoms with Crippen molar-refractivity contribution < 1.29 is 5.11 Å². The van der Waals surface area contributed by atoms with E-state index in [0.717, 1.165) is 19.6 Å². The van der Waals surface area contributed by atoms with E-state index in [2.05, 4.69) is 40.5 Å². The Labute approximate surface area is 134 Å². The Balaban J connectivity index is 1.64. The van der Waals surface area contributed by atoms with Crippen molar-refractivity contribution >= 4 is 0 Å². The fraction of sp³-hybridized carbons (Fsp3) is 0.684. The lowest BCUT2D eigenvalue weighted by Crippen LogP contribution is -2.52. The summed E-state index contributed by atoms with van der Waals surface area (Å²) >= 11 is 0. The van der Waals surface area contributed by atoms with Crippen molar-refractivity contribution in [3.63, 3.8) is 0 Å². The number of hydrogen-bond acceptors (Lipinski definition) is 3. The minimum atomic E-state index is 0.262. The molecule has 2 N–H and O–H groups in total. The molecule has 0 radical (unpaired) electrons. The molecule has 1 saturated carbocycles. The van der Waals surface area contributed by atoms with Crippen molar-refractivity contribution in [2.45, 2.75) is 56.5 Å². The average Bonchev–Trinajstić information content (AvgIpc) is 2.57. The van der Waals surface area contributed by atoms with E-state index in [0.29, 0.717) is 18.0 Å². The van der Waals surface area contributed by atoms with Crippen LogP contribution in [0.3, 0.4) is 0 Å². The molecule has 0 aromatic heterocycles. The third-order valence-electron chi connectivity index (χ3n) is 5.29. The van der Waals surface area contributed by atoms with Gasteiger partial charge in [-0.05, 0) is 30.7 Å². The molecule has 1 aliphatic heterocycles. The minimum Gasteiger partial charge on any atom is -0.395 e. The van der Waals surface area contributed by atoms with Crippen molar-refractivity contribution in [2.75, 3.05) is 26.2 Å². The lowest BCUT2D eigenvalue weighted by molar-refractivity contribution is 0.130. The SMILES string of the molecule is OCCN1CC(NC2CCCCC2)CC(c2ccccc2)C1. The molecule has 1 saturated heterocycles. The number of likely N-dealkylation sites (tertiary alicyclic amines) is 1. The van der Waals surface area contributed by atoms with Crippen molar-refractivity contribution in [1.29, 1.82) is 0 Å². The number of aliphatic hydroxyl groups excluding tert-OH is 1. The molecule has 1 aromatic rings. The lowest BCUT2D eigenvalue weighted by atomic mass is 9.86. The molecule has 1 aromatic carbocycles. The van der Waals surface area contributed by atoms with Gasteiger partial charge >= 0.3 is 0 Å². The second kappa shape index (κ2) is 8.09. The highest BCUT2D eigenvalue weighted by Crippen LogP contribution is 2.28. The fourth-order valence-electron chi connectivity index (χ4n) is 4.20. The van der Waals surface area contributed by atoms with Crippen LogP contribution in [0.2, 0.25) is 0 Å². The number of nitrogens with one attached hydrogen (secondary N) is 1. The monoisotopic (exact) mass is 302 g/mol. The van der Waals surface area contributed by atoms with Gasteiger partial charge in [-0.2, -0.15) is 0 Å². The molecule has 3 nitrogen and oxygen atoms in total. The maximum absolute atomic E-state index is 9.32. The summed E-state index contributed by atoms with van der Waals surface area (Å²) in [6.07, 6.45) is 8.08. The van der Waals surface area contributed by atoms with Crippen LogP contribution in [-0.2, 0) is 0 Å². The van der Waals surface area contributed by atoms with E-state index in [1.807, 2.05) is 0 Å². The van der Waals surface area contributed by atoms with E-state index in [-0.39, 0.29) is 6.61 Å². The molecule has 0 bridgehead atoms. The molecule has 2 atom stereocenters. The Morgan fingerprint density at radius 3 is 2.50 bits per heavy atom. The third-order valence-corrected chi connectivity index (χ3v) is 5.29. The van der Waals surface area contributed by atoms with E-state index < -0.39 is 0 Å². The van der Waals surface area contributed by atoms with E-state index in [4.69, 9.17) is 0 Å². The quantitative estimate of drug-likeness (QED) is 0.878. The minimum absolute atomic E-state index is 0.262. The van der Waals surface area contributed by atoms with Gasteiger partial charge in [0, 0.05) is 31.7 Å². The zero-order valence-electron chi connectivity index (χ0n) is 13.6. The first-order chi connectivity index (χ1) is 10.8. The van der Waals surface area contributed by atoms with Gasteiger partial charge in [-0.15, -0.1) is 0 Å². The molecule has 3 rings (SSSR count). The molecule has 22 heavy (non-hydrogen) atoms. The van der Waals surface area contributed by atoms with Crippen molar-refractivity contribution in [3.8, 4) is 0 Å². The van der Waals surface area contributed by atoms with Gasteiger partial charge in [-0.3, -0.25) is 4.90 Å². The summed E-state index contributed by atoms with van der Waals surface area (Å²) in [5, 5.41) is 13.2. The maximum Gasteiger partial charge on any atom is 0.0558 e. The number of hydrogen-bond donors (Lipinski definition) is 2. The second-order valence-electron chi connectivity index (χ2n) is 7.03. The Morgan fingerprint density at radius 2 is 1.77 bits per heavy atom. The summed E-state index contributed by atoms with van der Waals surface area (Å²) in [5.41, 5.74) is 1.44. The number of rotatable bonds is 5. The average molecular weight is 302 g/mol. The van der Waals surface area contributed by atoms with Crippen LogP contribution in [0, 0.1) is 0 Å². The molecule has 122 valence electrons. The molecular formula is C19H30N2O. The summed E-state index contributed by atoms with van der Waals surface area (Å²) in [4.78, 5) is 2.43. The number of β-amino-alcohol motifs (C(OH)–C–C–N with tert-alkyl or cyclic N) is 1. The molecule has 2 aliphatic rings. The van der Waals surface area contributed by atoms with Crippen molar-refractivity contribution in [3.05, 3.63) is 35.9 Å². The van der Waals surface area contributed by atoms with Crippen LogP contribution in [-0.4, -0.2) is 48.3 Å². The van der Waals surface area contributed by atoms with Crippen molar-refractivity contribution in [1.82, 2.24) is 10.2 Å². The number of piperidine rings is 1. The van der Waals surface area contributed by atoms with Crippen LogP contribution in [0.1, 0.15) is 50.0 Å². The van der Waals surface area contributed by atoms with Crippen LogP contribution in [0.5, 0.6) is 0 Å². The van der Waals surface area contributed by atoms with Crippen LogP contribution >= 0.6 is 0 Å². The zero-order valence-corrected chi connectivity index (χ0v) is 13.6. The second-order valence-corrected chi connectivity index (χ2v) is 7.03. The predicted octanol–water partition coefficient (Wildman–Crippen LogP) is 2.76. The first-order valence-electron chi connectivity index (χ1n) is 8.99. The highest BCUT2D eigenvalue weighted by Gasteiger charge is 2.29. The normalized spacial score (nSPS) is 27.9. The van der Waals surface area contributed by atoms with Gasteiger partial charge in [0.25, 0.3) is 0 Å². The van der Waals surface area contributed by atoms with Gasteiger partial charge in [0.1, 0.15) is 0 Å². The van der Waals surface area contributed by atoms with Crippen LogP contribution in [0.4, 0.5) is 0 Å². The van der Waals surface area contributed by atoms with Gasteiger partial charge in [0.05, 0.1) is 6.61 Å². The fourth-order valence-corrected chi connectivity index (χ4v) is 4.20. The van der Waals surface area contributed by atoms with Crippen molar-refractivity contribution in [2.24, 2.45) is 0 Å². The molecule has 2 fully saturated rings. The van der Waals surface area contributed by atoms with Crippen LogP contribution in [0.25, 0.3) is 0 Å². The van der Waals surface area contributed by atoms with Crippen LogP contribution in [0.15, 0.2) is 30.3 Å². The van der Waals surface area contributed by atoms with E-state index >= 15 is 0 Å². The number of benzene rings is 1. The summed E-state index contributed by atoms with van der Waals surface area (Å²) in [5.74, 6) is 0.586. The van der Waals surface area contributed by atoms with Gasteiger partial charge < -0.3 is 10.4 Å². The first-order valence-corrected chi connectivity index (χ1v) is 8.99. The summed E-state index contributed by atoms with van der Waals surface area (Å²) in [6.45, 7) is 3.22. The van der Waals surface area contributed by atoms with Gasteiger partial charge in [0.15, 0.2) is 0 Å². The zero-order chi connectivity index (χ0) is 15.2. The maximum atomic E-state index is 9.32. The van der Waals surface area contributed by atoms with Gasteiger partial charge in [-0.25, -0.2) is 0 Å². The number of nitrogens with zero attached hydrogens (tertiary/aromatic N) is 1. The molecule has 1 aliphatic carbocycles. The van der Waals surface area contributed by atoms with Crippen LogP contribution < -0.4 is 5.32 Å². The smallest absolute Gasteiger partial charge is 0.0558 e. The Bertz CT molecular complexity index is 430. The van der Waals surface area contributed by atoms with Gasteiger partial charge in [0.2, 0.25) is 0 Å².